The van der Waals surface area contributed by atoms with Crippen LogP contribution in [-0.4, -0.2) is 61.5 Å². The molecule has 0 aromatic carbocycles. The normalized spacial score (nSPS) is 26.8. The second kappa shape index (κ2) is 6.01. The predicted molar refractivity (Wildman–Crippen MR) is 77.8 cm³/mol. The molecule has 0 aliphatic carbocycles. The Morgan fingerprint density at radius 2 is 2.16 bits per heavy atom. The third-order valence-corrected chi connectivity index (χ3v) is 7.38. The number of carbonyl (C=O) groups excluding carboxylic acids is 1. The number of thioether (sulfide) groups is 1. The zero-order valence-corrected chi connectivity index (χ0v) is 13.1. The van der Waals surface area contributed by atoms with Crippen LogP contribution in [0, 0.1) is 11.8 Å². The minimum atomic E-state index is -3.19. The fourth-order valence-electron chi connectivity index (χ4n) is 2.45. The maximum absolute atomic E-state index is 12.5. The van der Waals surface area contributed by atoms with Crippen molar-refractivity contribution in [3.05, 3.63) is 0 Å². The van der Waals surface area contributed by atoms with Crippen LogP contribution in [0.2, 0.25) is 0 Å². The molecule has 1 amide bonds. The van der Waals surface area contributed by atoms with Gasteiger partial charge in [-0.1, -0.05) is 13.8 Å². The molecule has 2 aliphatic rings. The Hall–Kier alpha value is -0.270. The summed E-state index contributed by atoms with van der Waals surface area (Å²) in [4.78, 5) is 14.1. The maximum atomic E-state index is 12.5. The van der Waals surface area contributed by atoms with E-state index in [9.17, 15) is 13.2 Å². The maximum Gasteiger partial charge on any atom is 0.226 e. The van der Waals surface area contributed by atoms with Crippen molar-refractivity contribution in [3.8, 4) is 0 Å². The molecule has 0 aromatic rings. The van der Waals surface area contributed by atoms with Crippen LogP contribution >= 0.6 is 11.8 Å². The molecule has 2 unspecified atom stereocenters. The van der Waals surface area contributed by atoms with Gasteiger partial charge in [-0.15, -0.1) is 0 Å². The molecule has 110 valence electrons. The van der Waals surface area contributed by atoms with Crippen LogP contribution in [0.3, 0.4) is 0 Å². The Bertz CT molecular complexity index is 434. The van der Waals surface area contributed by atoms with Gasteiger partial charge in [0.2, 0.25) is 5.91 Å². The topological polar surface area (TPSA) is 66.5 Å². The Balaban J connectivity index is 2.12. The highest BCUT2D eigenvalue weighted by molar-refractivity contribution is 8.01. The highest BCUT2D eigenvalue weighted by Crippen LogP contribution is 2.26. The monoisotopic (exact) mass is 306 g/mol. The summed E-state index contributed by atoms with van der Waals surface area (Å²) in [7, 11) is -3.19. The van der Waals surface area contributed by atoms with E-state index in [0.717, 1.165) is 18.8 Å². The quantitative estimate of drug-likeness (QED) is 0.802. The molecule has 7 heteroatoms. The average molecular weight is 306 g/mol. The first-order valence-corrected chi connectivity index (χ1v) is 9.65. The molecule has 0 aromatic heterocycles. The van der Waals surface area contributed by atoms with Gasteiger partial charge in [-0.25, -0.2) is 8.42 Å². The predicted octanol–water partition coefficient (Wildman–Crippen LogP) is 0.178. The molecule has 2 rings (SSSR count). The standard InChI is InChI=1S/C12H22N2O3S2/c1-3-19(16,17)11-8-18-5-4-14(11)12(15)9(2)10-6-13-7-10/h9-11,13H,3-8H2,1-2H3. The third kappa shape index (κ3) is 3.08. The van der Waals surface area contributed by atoms with Crippen LogP contribution in [0.5, 0.6) is 0 Å². The van der Waals surface area contributed by atoms with Crippen molar-refractivity contribution in [3.63, 3.8) is 0 Å². The van der Waals surface area contributed by atoms with Crippen LogP contribution in [0.15, 0.2) is 0 Å². The lowest BCUT2D eigenvalue weighted by molar-refractivity contribution is -0.137. The molecule has 2 saturated heterocycles. The number of hydrogen-bond acceptors (Lipinski definition) is 5. The lowest BCUT2D eigenvalue weighted by atomic mass is 9.88. The minimum absolute atomic E-state index is 0.00817. The van der Waals surface area contributed by atoms with Crippen molar-refractivity contribution in [1.29, 1.82) is 0 Å². The van der Waals surface area contributed by atoms with Crippen molar-refractivity contribution < 1.29 is 13.2 Å². The highest BCUT2D eigenvalue weighted by Gasteiger charge is 2.39. The second-order valence-corrected chi connectivity index (χ2v) is 8.82. The smallest absolute Gasteiger partial charge is 0.226 e. The molecule has 2 fully saturated rings. The average Bonchev–Trinajstić information content (AvgIpc) is 2.35. The van der Waals surface area contributed by atoms with Crippen LogP contribution in [0.25, 0.3) is 0 Å². The van der Waals surface area contributed by atoms with Gasteiger partial charge in [0.15, 0.2) is 9.84 Å². The lowest BCUT2D eigenvalue weighted by Gasteiger charge is -2.39. The fraction of sp³-hybridized carbons (Fsp3) is 0.917. The van der Waals surface area contributed by atoms with Crippen LogP contribution in [0.1, 0.15) is 13.8 Å². The van der Waals surface area contributed by atoms with Gasteiger partial charge in [0, 0.05) is 29.7 Å². The summed E-state index contributed by atoms with van der Waals surface area (Å²) in [6, 6.07) is 0. The lowest BCUT2D eigenvalue weighted by Crippen LogP contribution is -2.56. The molecule has 0 saturated carbocycles. The van der Waals surface area contributed by atoms with E-state index in [1.54, 1.807) is 23.6 Å². The Kier molecular flexibility index (Phi) is 4.79. The molecule has 0 spiro atoms. The van der Waals surface area contributed by atoms with Crippen molar-refractivity contribution >= 4 is 27.5 Å². The second-order valence-electron chi connectivity index (χ2n) is 5.22. The van der Waals surface area contributed by atoms with Crippen molar-refractivity contribution in [2.75, 3.05) is 36.9 Å². The third-order valence-electron chi connectivity index (χ3n) is 4.09. The number of amides is 1. The summed E-state index contributed by atoms with van der Waals surface area (Å²) < 4.78 is 24.3. The molecule has 2 aliphatic heterocycles. The van der Waals surface area contributed by atoms with Gasteiger partial charge in [-0.2, -0.15) is 11.8 Å². The number of sulfone groups is 1. The summed E-state index contributed by atoms with van der Waals surface area (Å²) in [6.07, 6.45) is 0. The van der Waals surface area contributed by atoms with Gasteiger partial charge >= 0.3 is 0 Å². The molecule has 1 N–H and O–H groups in total. The Morgan fingerprint density at radius 1 is 1.47 bits per heavy atom. The van der Waals surface area contributed by atoms with Crippen molar-refractivity contribution in [2.24, 2.45) is 11.8 Å². The zero-order valence-electron chi connectivity index (χ0n) is 11.5. The van der Waals surface area contributed by atoms with E-state index in [1.807, 2.05) is 6.92 Å². The molecular formula is C12H22N2O3S2. The minimum Gasteiger partial charge on any atom is -0.324 e. The molecule has 2 atom stereocenters. The molecular weight excluding hydrogens is 284 g/mol. The van der Waals surface area contributed by atoms with E-state index >= 15 is 0 Å². The van der Waals surface area contributed by atoms with E-state index in [4.69, 9.17) is 0 Å². The van der Waals surface area contributed by atoms with E-state index in [2.05, 4.69) is 5.32 Å². The summed E-state index contributed by atoms with van der Waals surface area (Å²) >= 11 is 1.62. The van der Waals surface area contributed by atoms with Gasteiger partial charge in [0.25, 0.3) is 0 Å². The number of nitrogens with zero attached hydrogens (tertiary/aromatic N) is 1. The Morgan fingerprint density at radius 3 is 2.68 bits per heavy atom. The molecule has 0 radical (unpaired) electrons. The van der Waals surface area contributed by atoms with Gasteiger partial charge < -0.3 is 10.2 Å². The summed E-state index contributed by atoms with van der Waals surface area (Å²) in [6.45, 7) is 5.85. The molecule has 0 bridgehead atoms. The highest BCUT2D eigenvalue weighted by atomic mass is 32.2. The van der Waals surface area contributed by atoms with E-state index < -0.39 is 15.2 Å². The van der Waals surface area contributed by atoms with Gasteiger partial charge in [-0.3, -0.25) is 4.79 Å². The van der Waals surface area contributed by atoms with E-state index in [0.29, 0.717) is 18.2 Å². The van der Waals surface area contributed by atoms with E-state index in [-0.39, 0.29) is 17.6 Å². The zero-order chi connectivity index (χ0) is 14.0. The molecule has 19 heavy (non-hydrogen) atoms. The van der Waals surface area contributed by atoms with Gasteiger partial charge in [-0.05, 0) is 19.0 Å². The van der Waals surface area contributed by atoms with Crippen molar-refractivity contribution in [2.45, 2.75) is 19.2 Å². The number of hydrogen-bond donors (Lipinski definition) is 1. The first-order valence-electron chi connectivity index (χ1n) is 6.78. The summed E-state index contributed by atoms with van der Waals surface area (Å²) in [5, 5.41) is 2.53. The van der Waals surface area contributed by atoms with Gasteiger partial charge in [0.1, 0.15) is 5.37 Å². The van der Waals surface area contributed by atoms with Crippen LogP contribution in [-0.2, 0) is 14.6 Å². The van der Waals surface area contributed by atoms with E-state index in [1.165, 1.54) is 0 Å². The molecule has 2 heterocycles. The number of nitrogens with one attached hydrogen (secondary N) is 1. The Labute approximate surface area is 119 Å². The first kappa shape index (κ1) is 15.1. The largest absolute Gasteiger partial charge is 0.324 e. The SMILES string of the molecule is CCS(=O)(=O)C1CSCCN1C(=O)C(C)C1CNC1. The summed E-state index contributed by atoms with van der Waals surface area (Å²) in [5.41, 5.74) is 0. The molecule has 5 nitrogen and oxygen atoms in total. The summed E-state index contributed by atoms with van der Waals surface area (Å²) in [5.74, 6) is 1.72. The fourth-order valence-corrected chi connectivity index (χ4v) is 5.42. The van der Waals surface area contributed by atoms with Crippen LogP contribution in [0.4, 0.5) is 0 Å². The number of rotatable bonds is 4. The van der Waals surface area contributed by atoms with Crippen molar-refractivity contribution in [1.82, 2.24) is 10.2 Å². The first-order chi connectivity index (χ1) is 8.97. The number of carbonyl (C=O) groups is 1. The van der Waals surface area contributed by atoms with Gasteiger partial charge in [0.05, 0.1) is 0 Å². The van der Waals surface area contributed by atoms with Crippen LogP contribution < -0.4 is 5.32 Å².